The van der Waals surface area contributed by atoms with Crippen LogP contribution in [0.15, 0.2) is 42.0 Å². The van der Waals surface area contributed by atoms with Crippen molar-refractivity contribution in [3.63, 3.8) is 0 Å². The molecule has 0 saturated heterocycles. The van der Waals surface area contributed by atoms with Crippen LogP contribution in [0.5, 0.6) is 0 Å². The lowest BCUT2D eigenvalue weighted by Gasteiger charge is -2.52. The number of allylic oxidation sites excluding steroid dienone is 4. The topological polar surface area (TPSA) is 30.7 Å². The third-order valence-electron chi connectivity index (χ3n) is 6.18. The molecule has 0 amide bonds. The van der Waals surface area contributed by atoms with Crippen molar-refractivity contribution in [3.8, 4) is 0 Å². The van der Waals surface area contributed by atoms with E-state index in [-0.39, 0.29) is 5.41 Å². The summed E-state index contributed by atoms with van der Waals surface area (Å²) in [5.74, 6) is 2.07. The summed E-state index contributed by atoms with van der Waals surface area (Å²) in [7, 11) is 0. The van der Waals surface area contributed by atoms with Gasteiger partial charge in [0.15, 0.2) is 0 Å². The number of para-hydroxylation sites is 1. The number of nitrogens with zero attached hydrogens (tertiary/aromatic N) is 3. The Balaban J connectivity index is 2.01. The Morgan fingerprint density at radius 3 is 2.61 bits per heavy atom. The second-order valence-corrected chi connectivity index (χ2v) is 7.98. The molecule has 0 saturated carbocycles. The summed E-state index contributed by atoms with van der Waals surface area (Å²) in [6.45, 7) is 11.8. The number of hydrogen-bond donors (Lipinski definition) is 0. The first-order chi connectivity index (χ1) is 10.9. The number of benzene rings is 1. The summed E-state index contributed by atoms with van der Waals surface area (Å²) in [6.07, 6.45) is 4.83. The molecule has 1 heterocycles. The maximum absolute atomic E-state index is 4.54. The van der Waals surface area contributed by atoms with Gasteiger partial charge in [-0.3, -0.25) is 0 Å². The molecule has 3 nitrogen and oxygen atoms in total. The molecule has 0 radical (unpaired) electrons. The molecule has 1 aromatic carbocycles. The molecule has 0 spiro atoms. The van der Waals surface area contributed by atoms with Crippen LogP contribution in [0, 0.1) is 29.1 Å². The van der Waals surface area contributed by atoms with Crippen molar-refractivity contribution in [2.75, 3.05) is 0 Å². The molecule has 5 rings (SSSR count). The molecule has 0 N–H and O–H groups in total. The van der Waals surface area contributed by atoms with E-state index in [0.29, 0.717) is 23.7 Å². The zero-order valence-electron chi connectivity index (χ0n) is 14.6. The van der Waals surface area contributed by atoms with Crippen molar-refractivity contribution in [2.45, 2.75) is 34.6 Å². The highest BCUT2D eigenvalue weighted by Crippen LogP contribution is 2.57. The summed E-state index contributed by atoms with van der Waals surface area (Å²) in [6, 6.07) is 8.27. The van der Waals surface area contributed by atoms with Gasteiger partial charge in [-0.05, 0) is 35.0 Å². The smallest absolute Gasteiger partial charge is 0.113 e. The fourth-order valence-electron chi connectivity index (χ4n) is 4.54. The molecule has 3 atom stereocenters. The van der Waals surface area contributed by atoms with E-state index >= 15 is 0 Å². The van der Waals surface area contributed by atoms with Crippen LogP contribution in [0.25, 0.3) is 16.7 Å². The number of rotatable bonds is 2. The van der Waals surface area contributed by atoms with Gasteiger partial charge in [0.2, 0.25) is 0 Å². The van der Waals surface area contributed by atoms with Gasteiger partial charge in [-0.2, -0.15) is 0 Å². The summed E-state index contributed by atoms with van der Waals surface area (Å²) in [4.78, 5) is 0. The van der Waals surface area contributed by atoms with Gasteiger partial charge in [-0.25, -0.2) is 4.68 Å². The second kappa shape index (κ2) is 4.80. The van der Waals surface area contributed by atoms with Crippen LogP contribution in [0.1, 0.15) is 34.6 Å². The Bertz CT molecular complexity index is 822. The minimum atomic E-state index is 0.236. The Kier molecular flexibility index (Phi) is 3.06. The highest BCUT2D eigenvalue weighted by Gasteiger charge is 2.49. The quantitative estimate of drug-likeness (QED) is 0.748. The second-order valence-electron chi connectivity index (χ2n) is 7.98. The lowest BCUT2D eigenvalue weighted by Crippen LogP contribution is -2.45. The summed E-state index contributed by atoms with van der Waals surface area (Å²) < 4.78 is 2.11. The van der Waals surface area contributed by atoms with Gasteiger partial charge in [0.05, 0.1) is 11.2 Å². The number of aromatic nitrogens is 3. The minimum Gasteiger partial charge on any atom is -0.216 e. The Morgan fingerprint density at radius 1 is 1.13 bits per heavy atom. The average Bonchev–Trinajstić information content (AvgIpc) is 2.95. The van der Waals surface area contributed by atoms with E-state index in [1.807, 2.05) is 12.1 Å². The molecule has 0 unspecified atom stereocenters. The van der Waals surface area contributed by atoms with Crippen LogP contribution in [0.2, 0.25) is 0 Å². The van der Waals surface area contributed by atoms with E-state index in [1.54, 1.807) is 5.57 Å². The molecular weight excluding hydrogens is 282 g/mol. The van der Waals surface area contributed by atoms with Crippen LogP contribution < -0.4 is 0 Å². The van der Waals surface area contributed by atoms with Gasteiger partial charge in [0.1, 0.15) is 5.52 Å². The van der Waals surface area contributed by atoms with Crippen molar-refractivity contribution < 1.29 is 0 Å². The average molecular weight is 307 g/mol. The third kappa shape index (κ3) is 1.89. The van der Waals surface area contributed by atoms with Crippen LogP contribution in [0.3, 0.4) is 0 Å². The fraction of sp³-hybridized carbons (Fsp3) is 0.500. The molecule has 3 heteroatoms. The molecule has 0 aliphatic heterocycles. The van der Waals surface area contributed by atoms with E-state index in [4.69, 9.17) is 0 Å². The van der Waals surface area contributed by atoms with Gasteiger partial charge in [-0.15, -0.1) is 5.10 Å². The van der Waals surface area contributed by atoms with E-state index in [9.17, 15) is 0 Å². The molecule has 2 bridgehead atoms. The number of fused-ring (bicyclic) bond motifs is 2. The molecular formula is C20H25N3. The lowest BCUT2D eigenvalue weighted by atomic mass is 9.53. The zero-order chi connectivity index (χ0) is 16.4. The van der Waals surface area contributed by atoms with Gasteiger partial charge in [0, 0.05) is 11.8 Å². The highest BCUT2D eigenvalue weighted by molar-refractivity contribution is 5.79. The molecule has 3 aliphatic carbocycles. The normalized spacial score (nSPS) is 29.0. The van der Waals surface area contributed by atoms with E-state index in [2.05, 4.69) is 73.9 Å². The van der Waals surface area contributed by atoms with Gasteiger partial charge in [0.25, 0.3) is 0 Å². The van der Waals surface area contributed by atoms with Gasteiger partial charge < -0.3 is 0 Å². The standard InChI is InChI=1S/C20H25N3/c1-12(2)18-14-10-11-15(20(4,5)13(14)3)19(18)23-17-9-7-6-8-16(17)21-22-23/h6-15H,1-5H3/t13-,14+,15+/m1/s1. The predicted molar refractivity (Wildman–Crippen MR) is 94.6 cm³/mol. The first kappa shape index (κ1) is 14.7. The SMILES string of the molecule is CC(C)C1=C(n2nnc3ccccc32)[C@@H]2C=C[C@H]1[C@@H](C)C2(C)C. The van der Waals surface area contributed by atoms with Crippen molar-refractivity contribution in [1.29, 1.82) is 0 Å². The third-order valence-corrected chi connectivity index (χ3v) is 6.18. The maximum Gasteiger partial charge on any atom is 0.113 e. The molecule has 23 heavy (non-hydrogen) atoms. The Morgan fingerprint density at radius 2 is 1.87 bits per heavy atom. The molecule has 1 aromatic heterocycles. The van der Waals surface area contributed by atoms with Crippen LogP contribution in [-0.4, -0.2) is 15.0 Å². The fourth-order valence-corrected chi connectivity index (χ4v) is 4.54. The first-order valence-electron chi connectivity index (χ1n) is 8.66. The van der Waals surface area contributed by atoms with Crippen LogP contribution in [0.4, 0.5) is 0 Å². The van der Waals surface area contributed by atoms with Gasteiger partial charge >= 0.3 is 0 Å². The van der Waals surface area contributed by atoms with Crippen molar-refractivity contribution in [2.24, 2.45) is 29.1 Å². The minimum absolute atomic E-state index is 0.236. The van der Waals surface area contributed by atoms with Crippen molar-refractivity contribution >= 4 is 16.7 Å². The predicted octanol–water partition coefficient (Wildman–Crippen LogP) is 4.78. The first-order valence-corrected chi connectivity index (χ1v) is 8.66. The van der Waals surface area contributed by atoms with Gasteiger partial charge in [-0.1, -0.05) is 64.1 Å². The van der Waals surface area contributed by atoms with Crippen molar-refractivity contribution in [1.82, 2.24) is 15.0 Å². The van der Waals surface area contributed by atoms with E-state index in [0.717, 1.165) is 11.0 Å². The summed E-state index contributed by atoms with van der Waals surface area (Å²) >= 11 is 0. The highest BCUT2D eigenvalue weighted by atomic mass is 15.4. The Labute approximate surface area is 138 Å². The molecule has 3 aliphatic rings. The molecule has 120 valence electrons. The molecule has 2 aromatic rings. The maximum atomic E-state index is 4.54. The zero-order valence-corrected chi connectivity index (χ0v) is 14.6. The monoisotopic (exact) mass is 307 g/mol. The van der Waals surface area contributed by atoms with Crippen LogP contribution in [-0.2, 0) is 0 Å². The largest absolute Gasteiger partial charge is 0.216 e. The number of hydrogen-bond acceptors (Lipinski definition) is 2. The summed E-state index contributed by atoms with van der Waals surface area (Å²) in [5, 5.41) is 8.93. The Hall–Kier alpha value is -1.90. The summed E-state index contributed by atoms with van der Waals surface area (Å²) in [5.41, 5.74) is 5.23. The van der Waals surface area contributed by atoms with Crippen molar-refractivity contribution in [3.05, 3.63) is 42.0 Å². The van der Waals surface area contributed by atoms with E-state index < -0.39 is 0 Å². The van der Waals surface area contributed by atoms with E-state index in [1.165, 1.54) is 5.70 Å². The molecule has 0 fully saturated rings. The van der Waals surface area contributed by atoms with Crippen LogP contribution >= 0.6 is 0 Å². The lowest BCUT2D eigenvalue weighted by molar-refractivity contribution is 0.125.